The number of amides is 1. The number of carbonyl (C=O) groups excluding carboxylic acids is 2. The number of methoxy groups -OCH3 is 2. The average molecular weight is 661 g/mol. The number of hydrogen-bond acceptors (Lipinski definition) is 9. The molecule has 12 nitrogen and oxygen atoms in total. The van der Waals surface area contributed by atoms with Gasteiger partial charge in [-0.05, 0) is 69.3 Å². The molecule has 0 aliphatic heterocycles. The lowest BCUT2D eigenvalue weighted by Gasteiger charge is -2.20. The zero-order valence-electron chi connectivity index (χ0n) is 26.5. The minimum atomic E-state index is -1.05. The van der Waals surface area contributed by atoms with E-state index in [2.05, 4.69) is 10.3 Å². The third-order valence-electron chi connectivity index (χ3n) is 6.82. The van der Waals surface area contributed by atoms with Crippen LogP contribution in [0.5, 0.6) is 23.0 Å². The Hall–Kier alpha value is -6.05. The molecule has 48 heavy (non-hydrogen) atoms. The Morgan fingerprint density at radius 2 is 1.56 bits per heavy atom. The van der Waals surface area contributed by atoms with Crippen molar-refractivity contribution in [3.8, 4) is 28.7 Å². The molecular weight excluding hydrogens is 630 g/mol. The molecule has 0 saturated heterocycles. The van der Waals surface area contributed by atoms with Gasteiger partial charge in [-0.3, -0.25) is 23.9 Å². The maximum absolute atomic E-state index is 15.3. The van der Waals surface area contributed by atoms with Crippen molar-refractivity contribution in [2.75, 3.05) is 19.5 Å². The molecule has 2 heterocycles. The van der Waals surface area contributed by atoms with Crippen LogP contribution in [-0.2, 0) is 16.1 Å². The van der Waals surface area contributed by atoms with Crippen LogP contribution in [0.15, 0.2) is 82.6 Å². The fraction of sp³-hybridized carbons (Fsp3) is 0.206. The first kappa shape index (κ1) is 33.3. The highest BCUT2D eigenvalue weighted by Gasteiger charge is 2.23. The predicted molar refractivity (Wildman–Crippen MR) is 171 cm³/mol. The van der Waals surface area contributed by atoms with Crippen LogP contribution in [0.2, 0.25) is 0 Å². The lowest BCUT2D eigenvalue weighted by Crippen LogP contribution is -2.43. The monoisotopic (exact) mass is 660 g/mol. The Labute approximate surface area is 272 Å². The van der Waals surface area contributed by atoms with Gasteiger partial charge >= 0.3 is 11.7 Å². The van der Waals surface area contributed by atoms with Gasteiger partial charge in [0.2, 0.25) is 0 Å². The molecule has 5 aromatic rings. The van der Waals surface area contributed by atoms with Gasteiger partial charge in [-0.1, -0.05) is 0 Å². The van der Waals surface area contributed by atoms with Crippen molar-refractivity contribution < 1.29 is 37.3 Å². The molecule has 3 aromatic carbocycles. The number of rotatable bonds is 9. The second kappa shape index (κ2) is 13.4. The lowest BCUT2D eigenvalue weighted by atomic mass is 10.1. The molecule has 1 N–H and O–H groups in total. The van der Waals surface area contributed by atoms with Crippen LogP contribution < -0.4 is 30.8 Å². The molecule has 1 amide bonds. The van der Waals surface area contributed by atoms with Crippen molar-refractivity contribution >= 4 is 28.5 Å². The number of anilines is 1. The van der Waals surface area contributed by atoms with E-state index < -0.39 is 52.5 Å². The molecule has 5 rings (SSSR count). The smallest absolute Gasteiger partial charge is 0.336 e. The molecule has 0 unspecified atom stereocenters. The number of ether oxygens (including phenoxy) is 4. The van der Waals surface area contributed by atoms with Crippen LogP contribution in [0, 0.1) is 11.6 Å². The molecule has 0 saturated carbocycles. The van der Waals surface area contributed by atoms with Gasteiger partial charge in [-0.25, -0.2) is 18.1 Å². The second-order valence-corrected chi connectivity index (χ2v) is 11.4. The molecule has 14 heteroatoms. The average Bonchev–Trinajstić information content (AvgIpc) is 3.03. The molecule has 248 valence electrons. The van der Waals surface area contributed by atoms with E-state index in [0.717, 1.165) is 29.0 Å². The maximum atomic E-state index is 15.3. The lowest BCUT2D eigenvalue weighted by molar-refractivity contribution is -0.155. The zero-order chi connectivity index (χ0) is 34.7. The summed E-state index contributed by atoms with van der Waals surface area (Å²) in [6.45, 7) is 4.26. The topological polar surface area (TPSA) is 140 Å². The van der Waals surface area contributed by atoms with E-state index in [1.807, 2.05) is 0 Å². The molecule has 0 aliphatic rings. The molecule has 0 radical (unpaired) electrons. The van der Waals surface area contributed by atoms with Crippen LogP contribution >= 0.6 is 0 Å². The Kier molecular flexibility index (Phi) is 9.27. The highest BCUT2D eigenvalue weighted by atomic mass is 19.1. The van der Waals surface area contributed by atoms with Crippen molar-refractivity contribution in [1.29, 1.82) is 0 Å². The number of aromatic nitrogens is 3. The normalized spacial score (nSPS) is 11.2. The zero-order valence-corrected chi connectivity index (χ0v) is 26.5. The first-order chi connectivity index (χ1) is 22.8. The van der Waals surface area contributed by atoms with Gasteiger partial charge in [0, 0.05) is 35.6 Å². The van der Waals surface area contributed by atoms with Crippen molar-refractivity contribution in [3.05, 3.63) is 111 Å². The fourth-order valence-electron chi connectivity index (χ4n) is 4.72. The summed E-state index contributed by atoms with van der Waals surface area (Å²) in [7, 11) is 2.96. The molecule has 0 bridgehead atoms. The Morgan fingerprint density at radius 3 is 2.21 bits per heavy atom. The van der Waals surface area contributed by atoms with Crippen molar-refractivity contribution in [1.82, 2.24) is 14.1 Å². The summed E-state index contributed by atoms with van der Waals surface area (Å²) in [6, 6.07) is 12.8. The van der Waals surface area contributed by atoms with E-state index in [9.17, 15) is 23.6 Å². The summed E-state index contributed by atoms with van der Waals surface area (Å²) < 4.78 is 52.2. The molecule has 0 aliphatic carbocycles. The van der Waals surface area contributed by atoms with Gasteiger partial charge in [0.1, 0.15) is 29.3 Å². The minimum Gasteiger partial charge on any atom is -0.493 e. The first-order valence-electron chi connectivity index (χ1n) is 14.4. The number of pyridine rings is 1. The quantitative estimate of drug-likeness (QED) is 0.211. The molecule has 0 spiro atoms. The number of nitrogens with one attached hydrogen (secondary N) is 1. The van der Waals surface area contributed by atoms with Gasteiger partial charge in [0.25, 0.3) is 11.5 Å². The summed E-state index contributed by atoms with van der Waals surface area (Å²) >= 11 is 0. The van der Waals surface area contributed by atoms with Gasteiger partial charge in [0.15, 0.2) is 23.1 Å². The van der Waals surface area contributed by atoms with Crippen LogP contribution in [0.1, 0.15) is 31.1 Å². The van der Waals surface area contributed by atoms with Crippen molar-refractivity contribution in [3.63, 3.8) is 0 Å². The van der Waals surface area contributed by atoms with Crippen LogP contribution in [0.25, 0.3) is 16.6 Å². The number of benzene rings is 3. The number of hydrogen-bond donors (Lipinski definition) is 1. The Bertz CT molecular complexity index is 2160. The van der Waals surface area contributed by atoms with Crippen molar-refractivity contribution in [2.24, 2.45) is 0 Å². The van der Waals surface area contributed by atoms with Crippen molar-refractivity contribution in [2.45, 2.75) is 32.9 Å². The van der Waals surface area contributed by atoms with E-state index in [4.69, 9.17) is 18.9 Å². The number of halogens is 2. The standard InChI is InChI=1S/C34H30F2N4O8/c1-34(2,3)48-30(41)18-39-17-23(32(43)40(33(39)44)21-9-6-19(35)7-10-21)31(42)38-20-8-11-27(24(36)14-20)47-26-12-13-37-25-16-29(46-5)28(45-4)15-22(25)26/h6-17H,18H2,1-5H3,(H,38,42). The molecule has 2 aromatic heterocycles. The highest BCUT2D eigenvalue weighted by Crippen LogP contribution is 2.37. The van der Waals surface area contributed by atoms with Gasteiger partial charge in [-0.2, -0.15) is 0 Å². The number of fused-ring (bicyclic) bond motifs is 1. The third kappa shape index (κ3) is 7.17. The summed E-state index contributed by atoms with van der Waals surface area (Å²) in [5.74, 6) is -2.34. The highest BCUT2D eigenvalue weighted by molar-refractivity contribution is 6.04. The first-order valence-corrected chi connectivity index (χ1v) is 14.4. The van der Waals surface area contributed by atoms with E-state index in [1.54, 1.807) is 39.0 Å². The summed E-state index contributed by atoms with van der Waals surface area (Å²) in [5, 5.41) is 2.95. The predicted octanol–water partition coefficient (Wildman–Crippen LogP) is 5.23. The number of esters is 1. The van der Waals surface area contributed by atoms with Gasteiger partial charge in [0.05, 0.1) is 25.4 Å². The summed E-state index contributed by atoms with van der Waals surface area (Å²) in [5.41, 5.74) is -3.05. The SMILES string of the molecule is COc1cc2nccc(Oc3ccc(NC(=O)c4cn(CC(=O)OC(C)(C)C)c(=O)n(-c5ccc(F)cc5)c4=O)cc3F)c2cc1OC. The maximum Gasteiger partial charge on any atom is 0.336 e. The van der Waals surface area contributed by atoms with E-state index in [0.29, 0.717) is 27.0 Å². The summed E-state index contributed by atoms with van der Waals surface area (Å²) in [4.78, 5) is 57.0. The summed E-state index contributed by atoms with van der Waals surface area (Å²) in [6.07, 6.45) is 2.40. The Morgan fingerprint density at radius 1 is 0.875 bits per heavy atom. The fourth-order valence-corrected chi connectivity index (χ4v) is 4.72. The van der Waals surface area contributed by atoms with E-state index >= 15 is 4.39 Å². The van der Waals surface area contributed by atoms with Gasteiger partial charge in [-0.15, -0.1) is 0 Å². The molecular formula is C34H30F2N4O8. The van der Waals surface area contributed by atoms with Crippen LogP contribution in [0.4, 0.5) is 14.5 Å². The van der Waals surface area contributed by atoms with E-state index in [-0.39, 0.29) is 22.9 Å². The van der Waals surface area contributed by atoms with Gasteiger partial charge < -0.3 is 24.3 Å². The van der Waals surface area contributed by atoms with E-state index in [1.165, 1.54) is 44.7 Å². The molecule has 0 fully saturated rings. The van der Waals surface area contributed by atoms with Crippen LogP contribution in [-0.4, -0.2) is 45.8 Å². The van der Waals surface area contributed by atoms with Crippen LogP contribution in [0.3, 0.4) is 0 Å². The third-order valence-corrected chi connectivity index (χ3v) is 6.82. The largest absolute Gasteiger partial charge is 0.493 e. The second-order valence-electron chi connectivity index (χ2n) is 11.4. The number of nitrogens with zero attached hydrogens (tertiary/aromatic N) is 3. The number of carbonyl (C=O) groups is 2. The Balaban J connectivity index is 1.46. The molecule has 0 atom stereocenters. The minimum absolute atomic E-state index is 0.0477.